The SMILES string of the molecule is CCCCc1ccc(NC(=O)Nc2ccc(CN3CCOCC3)cc2)cc1. The summed E-state index contributed by atoms with van der Waals surface area (Å²) in [5.41, 5.74) is 4.14. The van der Waals surface area contributed by atoms with Crippen molar-refractivity contribution in [3.63, 3.8) is 0 Å². The standard InChI is InChI=1S/C22H29N3O2/c1-2-3-4-18-5-9-20(10-6-18)23-22(26)24-21-11-7-19(8-12-21)17-25-13-15-27-16-14-25/h5-12H,2-4,13-17H2,1H3,(H2,23,24,26). The topological polar surface area (TPSA) is 53.6 Å². The van der Waals surface area contributed by atoms with E-state index in [1.165, 1.54) is 24.0 Å². The normalized spacial score (nSPS) is 14.7. The summed E-state index contributed by atoms with van der Waals surface area (Å²) in [7, 11) is 0. The summed E-state index contributed by atoms with van der Waals surface area (Å²) in [6.45, 7) is 6.66. The quantitative estimate of drug-likeness (QED) is 0.757. The summed E-state index contributed by atoms with van der Waals surface area (Å²) in [5, 5.41) is 5.77. The second kappa shape index (κ2) is 10.1. The first-order chi connectivity index (χ1) is 13.2. The zero-order chi connectivity index (χ0) is 18.9. The lowest BCUT2D eigenvalue weighted by Crippen LogP contribution is -2.35. The molecular formula is C22H29N3O2. The zero-order valence-electron chi connectivity index (χ0n) is 16.0. The maximum atomic E-state index is 12.2. The Morgan fingerprint density at radius 3 is 2.04 bits per heavy atom. The highest BCUT2D eigenvalue weighted by molar-refractivity contribution is 5.99. The number of morpholine rings is 1. The van der Waals surface area contributed by atoms with Gasteiger partial charge < -0.3 is 15.4 Å². The lowest BCUT2D eigenvalue weighted by Gasteiger charge is -2.26. The number of urea groups is 1. The molecule has 5 nitrogen and oxygen atoms in total. The van der Waals surface area contributed by atoms with Crippen LogP contribution in [0.2, 0.25) is 0 Å². The highest BCUT2D eigenvalue weighted by Crippen LogP contribution is 2.15. The van der Waals surface area contributed by atoms with Crippen LogP contribution in [-0.2, 0) is 17.7 Å². The minimum absolute atomic E-state index is 0.225. The first-order valence-corrected chi connectivity index (χ1v) is 9.79. The number of hydrogen-bond donors (Lipinski definition) is 2. The summed E-state index contributed by atoms with van der Waals surface area (Å²) >= 11 is 0. The molecule has 0 bridgehead atoms. The molecule has 1 aliphatic rings. The molecule has 5 heteroatoms. The molecular weight excluding hydrogens is 338 g/mol. The van der Waals surface area contributed by atoms with Crippen LogP contribution in [0.3, 0.4) is 0 Å². The molecule has 0 atom stereocenters. The first kappa shape index (κ1) is 19.4. The van der Waals surface area contributed by atoms with E-state index in [1.807, 2.05) is 24.3 Å². The summed E-state index contributed by atoms with van der Waals surface area (Å²) in [4.78, 5) is 14.6. The number of ether oxygens (including phenoxy) is 1. The number of nitrogens with one attached hydrogen (secondary N) is 2. The summed E-state index contributed by atoms with van der Waals surface area (Å²) in [6, 6.07) is 15.9. The van der Waals surface area contributed by atoms with Gasteiger partial charge in [-0.15, -0.1) is 0 Å². The third-order valence-electron chi connectivity index (χ3n) is 4.75. The van der Waals surface area contributed by atoms with E-state index in [0.717, 1.165) is 50.6 Å². The van der Waals surface area contributed by atoms with Crippen LogP contribution >= 0.6 is 0 Å². The monoisotopic (exact) mass is 367 g/mol. The van der Waals surface area contributed by atoms with Gasteiger partial charge in [0.05, 0.1) is 13.2 Å². The Bertz CT molecular complexity index is 707. The largest absolute Gasteiger partial charge is 0.379 e. The molecule has 1 heterocycles. The van der Waals surface area contributed by atoms with Crippen LogP contribution in [0, 0.1) is 0 Å². The molecule has 0 unspecified atom stereocenters. The molecule has 27 heavy (non-hydrogen) atoms. The van der Waals surface area contributed by atoms with Gasteiger partial charge in [-0.05, 0) is 48.2 Å². The van der Waals surface area contributed by atoms with E-state index in [4.69, 9.17) is 4.74 Å². The molecule has 0 saturated carbocycles. The third-order valence-corrected chi connectivity index (χ3v) is 4.75. The van der Waals surface area contributed by atoms with Crippen LogP contribution in [0.5, 0.6) is 0 Å². The van der Waals surface area contributed by atoms with Gasteiger partial charge in [0.25, 0.3) is 0 Å². The lowest BCUT2D eigenvalue weighted by molar-refractivity contribution is 0.0342. The van der Waals surface area contributed by atoms with Crippen molar-refractivity contribution in [1.29, 1.82) is 0 Å². The summed E-state index contributed by atoms with van der Waals surface area (Å²) < 4.78 is 5.38. The van der Waals surface area contributed by atoms with Gasteiger partial charge in [-0.1, -0.05) is 37.6 Å². The van der Waals surface area contributed by atoms with Gasteiger partial charge in [-0.25, -0.2) is 4.79 Å². The average molecular weight is 367 g/mol. The summed E-state index contributed by atoms with van der Waals surface area (Å²) in [6.07, 6.45) is 3.46. The number of anilines is 2. The number of amides is 2. The van der Waals surface area contributed by atoms with Crippen LogP contribution < -0.4 is 10.6 Å². The van der Waals surface area contributed by atoms with Crippen molar-refractivity contribution in [1.82, 2.24) is 4.90 Å². The Morgan fingerprint density at radius 1 is 0.926 bits per heavy atom. The van der Waals surface area contributed by atoms with E-state index in [0.29, 0.717) is 0 Å². The maximum Gasteiger partial charge on any atom is 0.323 e. The van der Waals surface area contributed by atoms with Crippen LogP contribution in [0.4, 0.5) is 16.2 Å². The zero-order valence-corrected chi connectivity index (χ0v) is 16.0. The smallest absolute Gasteiger partial charge is 0.323 e. The molecule has 3 rings (SSSR count). The maximum absolute atomic E-state index is 12.2. The third kappa shape index (κ3) is 6.38. The van der Waals surface area contributed by atoms with Gasteiger partial charge in [-0.3, -0.25) is 4.90 Å². The predicted molar refractivity (Wildman–Crippen MR) is 110 cm³/mol. The lowest BCUT2D eigenvalue weighted by atomic mass is 10.1. The molecule has 1 saturated heterocycles. The molecule has 0 aliphatic carbocycles. The van der Waals surface area contributed by atoms with Crippen LogP contribution in [0.15, 0.2) is 48.5 Å². The molecule has 144 valence electrons. The molecule has 0 radical (unpaired) electrons. The minimum atomic E-state index is -0.225. The fourth-order valence-corrected chi connectivity index (χ4v) is 3.14. The van der Waals surface area contributed by atoms with E-state index in [-0.39, 0.29) is 6.03 Å². The molecule has 2 N–H and O–H groups in total. The summed E-state index contributed by atoms with van der Waals surface area (Å²) in [5.74, 6) is 0. The average Bonchev–Trinajstić information content (AvgIpc) is 2.70. The van der Waals surface area contributed by atoms with Crippen LogP contribution in [-0.4, -0.2) is 37.2 Å². The molecule has 2 aromatic rings. The molecule has 1 fully saturated rings. The minimum Gasteiger partial charge on any atom is -0.379 e. The van der Waals surface area contributed by atoms with Crippen molar-refractivity contribution in [2.45, 2.75) is 32.7 Å². The van der Waals surface area contributed by atoms with Gasteiger partial charge in [0.1, 0.15) is 0 Å². The van der Waals surface area contributed by atoms with Gasteiger partial charge in [0.2, 0.25) is 0 Å². The van der Waals surface area contributed by atoms with Crippen molar-refractivity contribution in [2.24, 2.45) is 0 Å². The molecule has 1 aliphatic heterocycles. The van der Waals surface area contributed by atoms with E-state index in [2.05, 4.69) is 46.7 Å². The van der Waals surface area contributed by atoms with Crippen molar-refractivity contribution in [3.05, 3.63) is 59.7 Å². The Morgan fingerprint density at radius 2 is 1.48 bits per heavy atom. The van der Waals surface area contributed by atoms with E-state index in [9.17, 15) is 4.79 Å². The van der Waals surface area contributed by atoms with Crippen LogP contribution in [0.25, 0.3) is 0 Å². The second-order valence-corrected chi connectivity index (χ2v) is 6.97. The first-order valence-electron chi connectivity index (χ1n) is 9.79. The number of hydrogen-bond acceptors (Lipinski definition) is 3. The van der Waals surface area contributed by atoms with Crippen molar-refractivity contribution >= 4 is 17.4 Å². The van der Waals surface area contributed by atoms with Crippen molar-refractivity contribution < 1.29 is 9.53 Å². The Kier molecular flexibility index (Phi) is 7.25. The molecule has 0 aromatic heterocycles. The van der Waals surface area contributed by atoms with E-state index in [1.54, 1.807) is 0 Å². The Balaban J connectivity index is 1.47. The van der Waals surface area contributed by atoms with Crippen LogP contribution in [0.1, 0.15) is 30.9 Å². The molecule has 0 spiro atoms. The molecule has 2 aromatic carbocycles. The number of benzene rings is 2. The van der Waals surface area contributed by atoms with E-state index >= 15 is 0 Å². The Hall–Kier alpha value is -2.37. The predicted octanol–water partition coefficient (Wildman–Crippen LogP) is 4.51. The second-order valence-electron chi connectivity index (χ2n) is 6.97. The van der Waals surface area contributed by atoms with Gasteiger partial charge in [0.15, 0.2) is 0 Å². The van der Waals surface area contributed by atoms with E-state index < -0.39 is 0 Å². The Labute approximate surface area is 161 Å². The van der Waals surface area contributed by atoms with Gasteiger partial charge in [0, 0.05) is 31.0 Å². The van der Waals surface area contributed by atoms with Crippen molar-refractivity contribution in [3.8, 4) is 0 Å². The highest BCUT2D eigenvalue weighted by atomic mass is 16.5. The number of aryl methyl sites for hydroxylation is 1. The number of rotatable bonds is 7. The van der Waals surface area contributed by atoms with Gasteiger partial charge in [-0.2, -0.15) is 0 Å². The number of carbonyl (C=O) groups is 1. The number of nitrogens with zero attached hydrogens (tertiary/aromatic N) is 1. The highest BCUT2D eigenvalue weighted by Gasteiger charge is 2.10. The number of carbonyl (C=O) groups excluding carboxylic acids is 1. The fourth-order valence-electron chi connectivity index (χ4n) is 3.14. The fraction of sp³-hybridized carbons (Fsp3) is 0.409. The molecule has 2 amide bonds. The number of unbranched alkanes of at least 4 members (excludes halogenated alkanes) is 1. The van der Waals surface area contributed by atoms with Gasteiger partial charge >= 0.3 is 6.03 Å². The van der Waals surface area contributed by atoms with Crippen molar-refractivity contribution in [2.75, 3.05) is 36.9 Å².